The van der Waals surface area contributed by atoms with Crippen LogP contribution in [0.3, 0.4) is 0 Å². The first-order valence-electron chi connectivity index (χ1n) is 7.02. The van der Waals surface area contributed by atoms with Gasteiger partial charge in [-0.05, 0) is 24.2 Å². The molecular formula is C15H26O. The quantitative estimate of drug-likeness (QED) is 0.595. The molecule has 0 amide bonds. The molecular weight excluding hydrogens is 196 g/mol. The molecule has 0 heterocycles. The van der Waals surface area contributed by atoms with E-state index >= 15 is 0 Å². The van der Waals surface area contributed by atoms with Gasteiger partial charge in [0.05, 0.1) is 0 Å². The average molecular weight is 222 g/mol. The number of carbonyl (C=O) groups is 1. The number of Topliss-reactive ketones (excluding diaryl/α,β-unsaturated/α-hetero) is 1. The molecule has 3 aliphatic rings. The van der Waals surface area contributed by atoms with Crippen molar-refractivity contribution in [3.63, 3.8) is 0 Å². The maximum atomic E-state index is 11.6. The highest BCUT2D eigenvalue weighted by Crippen LogP contribution is 2.63. The zero-order valence-corrected chi connectivity index (χ0v) is 11.1. The summed E-state index contributed by atoms with van der Waals surface area (Å²) < 4.78 is 0. The zero-order chi connectivity index (χ0) is 11.8. The summed E-state index contributed by atoms with van der Waals surface area (Å²) in [5, 5.41) is 0. The Labute approximate surface area is 100.0 Å². The smallest absolute Gasteiger partial charge is 0.139 e. The lowest BCUT2D eigenvalue weighted by Gasteiger charge is -2.32. The van der Waals surface area contributed by atoms with Crippen LogP contribution >= 0.6 is 0 Å². The minimum Gasteiger partial charge on any atom is -0.299 e. The summed E-state index contributed by atoms with van der Waals surface area (Å²) in [6.45, 7) is 6.67. The fourth-order valence-corrected chi connectivity index (χ4v) is 3.79. The Morgan fingerprint density at radius 1 is 1.00 bits per heavy atom. The third-order valence-electron chi connectivity index (χ3n) is 5.73. The molecule has 2 bridgehead atoms. The molecule has 3 saturated carbocycles. The van der Waals surface area contributed by atoms with E-state index in [4.69, 9.17) is 0 Å². The lowest BCUT2D eigenvalue weighted by molar-refractivity contribution is -0.128. The van der Waals surface area contributed by atoms with Crippen LogP contribution in [-0.4, -0.2) is 5.78 Å². The molecule has 0 aromatic carbocycles. The van der Waals surface area contributed by atoms with Gasteiger partial charge < -0.3 is 0 Å². The van der Waals surface area contributed by atoms with Gasteiger partial charge in [0.25, 0.3) is 0 Å². The van der Waals surface area contributed by atoms with E-state index in [1.807, 2.05) is 0 Å². The van der Waals surface area contributed by atoms with Crippen LogP contribution in [0.5, 0.6) is 0 Å². The zero-order valence-electron chi connectivity index (χ0n) is 11.1. The first-order chi connectivity index (χ1) is 7.48. The molecule has 0 aromatic heterocycles. The monoisotopic (exact) mass is 222 g/mol. The van der Waals surface area contributed by atoms with E-state index in [-0.39, 0.29) is 10.8 Å². The van der Waals surface area contributed by atoms with Crippen LogP contribution < -0.4 is 0 Å². The molecule has 92 valence electrons. The summed E-state index contributed by atoms with van der Waals surface area (Å²) in [6.07, 6.45) is 10.8. The maximum Gasteiger partial charge on any atom is 0.139 e. The van der Waals surface area contributed by atoms with E-state index in [9.17, 15) is 4.79 Å². The van der Waals surface area contributed by atoms with Crippen molar-refractivity contribution in [2.75, 3.05) is 0 Å². The number of hydrogen-bond donors (Lipinski definition) is 0. The molecule has 0 aromatic rings. The Balaban J connectivity index is 0.000000162. The van der Waals surface area contributed by atoms with Crippen molar-refractivity contribution in [2.45, 2.75) is 72.1 Å². The number of hydrogen-bond acceptors (Lipinski definition) is 1. The molecule has 0 N–H and O–H groups in total. The number of ketones is 1. The molecule has 0 aliphatic heterocycles. The normalized spacial score (nSPS) is 39.7. The summed E-state index contributed by atoms with van der Waals surface area (Å²) in [5.41, 5.74) is 0.307. The Hall–Kier alpha value is -0.330. The predicted molar refractivity (Wildman–Crippen MR) is 67.3 cm³/mol. The van der Waals surface area contributed by atoms with Gasteiger partial charge in [0.15, 0.2) is 0 Å². The highest BCUT2D eigenvalue weighted by atomic mass is 16.1. The molecule has 2 unspecified atom stereocenters. The molecule has 3 fully saturated rings. The molecule has 3 rings (SSSR count). The van der Waals surface area contributed by atoms with Gasteiger partial charge >= 0.3 is 0 Å². The van der Waals surface area contributed by atoms with E-state index in [1.165, 1.54) is 38.5 Å². The van der Waals surface area contributed by atoms with Gasteiger partial charge in [0, 0.05) is 11.8 Å². The fourth-order valence-electron chi connectivity index (χ4n) is 3.79. The summed E-state index contributed by atoms with van der Waals surface area (Å²) in [5.74, 6) is 1.19. The molecule has 3 aliphatic carbocycles. The molecule has 0 spiro atoms. The lowest BCUT2D eigenvalue weighted by Crippen LogP contribution is -2.32. The SMILES string of the molecule is C1CCCC1.CC12CCC(CC1=O)C2(C)C. The van der Waals surface area contributed by atoms with Crippen LogP contribution in [0.4, 0.5) is 0 Å². The van der Waals surface area contributed by atoms with Crippen LogP contribution in [0, 0.1) is 16.7 Å². The van der Waals surface area contributed by atoms with E-state index in [0.717, 1.165) is 12.8 Å². The molecule has 1 heteroatoms. The van der Waals surface area contributed by atoms with Crippen LogP contribution in [-0.2, 0) is 4.79 Å². The van der Waals surface area contributed by atoms with Gasteiger partial charge in [0.2, 0.25) is 0 Å². The number of rotatable bonds is 0. The average Bonchev–Trinajstić information content (AvgIpc) is 2.88. The van der Waals surface area contributed by atoms with E-state index < -0.39 is 0 Å². The van der Waals surface area contributed by atoms with Crippen molar-refractivity contribution < 1.29 is 4.79 Å². The molecule has 0 saturated heterocycles. The second-order valence-corrected chi connectivity index (χ2v) is 6.68. The van der Waals surface area contributed by atoms with Gasteiger partial charge in [-0.15, -0.1) is 0 Å². The van der Waals surface area contributed by atoms with Crippen molar-refractivity contribution in [1.29, 1.82) is 0 Å². The Morgan fingerprint density at radius 3 is 1.69 bits per heavy atom. The third-order valence-corrected chi connectivity index (χ3v) is 5.73. The first-order valence-corrected chi connectivity index (χ1v) is 7.02. The highest BCUT2D eigenvalue weighted by Gasteiger charge is 2.61. The first kappa shape index (κ1) is 12.1. The maximum absolute atomic E-state index is 11.6. The third kappa shape index (κ3) is 1.72. The largest absolute Gasteiger partial charge is 0.299 e. The van der Waals surface area contributed by atoms with Gasteiger partial charge in [-0.1, -0.05) is 52.9 Å². The van der Waals surface area contributed by atoms with E-state index in [2.05, 4.69) is 20.8 Å². The Morgan fingerprint density at radius 2 is 1.50 bits per heavy atom. The summed E-state index contributed by atoms with van der Waals surface area (Å²) in [6, 6.07) is 0. The summed E-state index contributed by atoms with van der Waals surface area (Å²) >= 11 is 0. The summed E-state index contributed by atoms with van der Waals surface area (Å²) in [7, 11) is 0. The van der Waals surface area contributed by atoms with Crippen LogP contribution in [0.15, 0.2) is 0 Å². The number of fused-ring (bicyclic) bond motifs is 2. The van der Waals surface area contributed by atoms with E-state index in [0.29, 0.717) is 11.7 Å². The Kier molecular flexibility index (Phi) is 3.16. The molecule has 0 radical (unpaired) electrons. The standard InChI is InChI=1S/C10H16O.C5H10/c1-9(2)7-4-5-10(9,3)8(11)6-7;1-2-4-5-3-1/h7H,4-6H2,1-3H3;1-5H2. The topological polar surface area (TPSA) is 17.1 Å². The fraction of sp³-hybridized carbons (Fsp3) is 0.933. The van der Waals surface area contributed by atoms with Crippen molar-refractivity contribution >= 4 is 5.78 Å². The number of carbonyl (C=O) groups excluding carboxylic acids is 1. The molecule has 1 nitrogen and oxygen atoms in total. The van der Waals surface area contributed by atoms with E-state index in [1.54, 1.807) is 0 Å². The van der Waals surface area contributed by atoms with Crippen LogP contribution in [0.2, 0.25) is 0 Å². The minimum atomic E-state index is 0.0255. The van der Waals surface area contributed by atoms with Gasteiger partial charge in [0.1, 0.15) is 5.78 Å². The predicted octanol–water partition coefficient (Wildman–Crippen LogP) is 4.35. The Bertz CT molecular complexity index is 268. The minimum absolute atomic E-state index is 0.0255. The highest BCUT2D eigenvalue weighted by molar-refractivity contribution is 5.89. The second-order valence-electron chi connectivity index (χ2n) is 6.68. The van der Waals surface area contributed by atoms with Gasteiger partial charge in [-0.2, -0.15) is 0 Å². The van der Waals surface area contributed by atoms with Gasteiger partial charge in [-0.3, -0.25) is 4.79 Å². The molecule has 2 atom stereocenters. The van der Waals surface area contributed by atoms with Crippen LogP contribution in [0.1, 0.15) is 72.1 Å². The van der Waals surface area contributed by atoms with Gasteiger partial charge in [-0.25, -0.2) is 0 Å². The van der Waals surface area contributed by atoms with Crippen LogP contribution in [0.25, 0.3) is 0 Å². The van der Waals surface area contributed by atoms with Crippen molar-refractivity contribution in [3.8, 4) is 0 Å². The summed E-state index contributed by atoms with van der Waals surface area (Å²) in [4.78, 5) is 11.6. The second kappa shape index (κ2) is 4.16. The molecule has 16 heavy (non-hydrogen) atoms. The van der Waals surface area contributed by atoms with Crippen molar-refractivity contribution in [1.82, 2.24) is 0 Å². The van der Waals surface area contributed by atoms with Crippen molar-refractivity contribution in [3.05, 3.63) is 0 Å². The lowest BCUT2D eigenvalue weighted by atomic mass is 9.70. The van der Waals surface area contributed by atoms with Crippen molar-refractivity contribution in [2.24, 2.45) is 16.7 Å².